The van der Waals surface area contributed by atoms with E-state index in [-0.39, 0.29) is 18.1 Å². The highest BCUT2D eigenvalue weighted by Crippen LogP contribution is 2.49. The first-order chi connectivity index (χ1) is 14.6. The highest BCUT2D eigenvalue weighted by atomic mass is 35.5. The summed E-state index contributed by atoms with van der Waals surface area (Å²) in [6.07, 6.45) is 4.51. The van der Waals surface area contributed by atoms with E-state index >= 15 is 0 Å². The largest absolute Gasteiger partial charge is 0.382 e. The molecular weight excluding hydrogens is 417 g/mol. The maximum atomic E-state index is 11.6. The Hall–Kier alpha value is -1.59. The molecule has 2 fully saturated rings. The van der Waals surface area contributed by atoms with Crippen molar-refractivity contribution in [2.75, 3.05) is 13.1 Å². The lowest BCUT2D eigenvalue weighted by Gasteiger charge is -2.48. The van der Waals surface area contributed by atoms with Gasteiger partial charge in [-0.15, -0.1) is 0 Å². The second-order valence-electron chi connectivity index (χ2n) is 8.73. The van der Waals surface area contributed by atoms with E-state index in [2.05, 4.69) is 27.3 Å². The summed E-state index contributed by atoms with van der Waals surface area (Å²) >= 11 is 13.4. The maximum absolute atomic E-state index is 11.6. The summed E-state index contributed by atoms with van der Waals surface area (Å²) < 4.78 is 0. The third kappa shape index (κ3) is 3.54. The zero-order valence-electron chi connectivity index (χ0n) is 16.9. The number of nitrogens with one attached hydrogen (secondary N) is 1. The monoisotopic (exact) mass is 443 g/mol. The molecule has 158 valence electrons. The lowest BCUT2D eigenvalue weighted by atomic mass is 9.82. The Morgan fingerprint density at radius 2 is 1.53 bits per heavy atom. The zero-order valence-corrected chi connectivity index (χ0v) is 18.4. The summed E-state index contributed by atoms with van der Waals surface area (Å²) in [6.45, 7) is 1.69. The molecule has 0 saturated carbocycles. The highest BCUT2D eigenvalue weighted by Gasteiger charge is 2.52. The summed E-state index contributed by atoms with van der Waals surface area (Å²) in [5.74, 6) is 0.789. The zero-order chi connectivity index (χ0) is 20.7. The minimum Gasteiger partial charge on any atom is -0.382 e. The molecule has 6 heteroatoms. The molecule has 2 N–H and O–H groups in total. The third-order valence-corrected chi connectivity index (χ3v) is 7.55. The minimum absolute atomic E-state index is 0.0318. The van der Waals surface area contributed by atoms with Crippen molar-refractivity contribution in [3.05, 3.63) is 69.7 Å². The van der Waals surface area contributed by atoms with Gasteiger partial charge in [0.15, 0.2) is 0 Å². The summed E-state index contributed by atoms with van der Waals surface area (Å²) in [7, 11) is 0. The molecule has 2 saturated heterocycles. The Morgan fingerprint density at radius 3 is 2.03 bits per heavy atom. The van der Waals surface area contributed by atoms with Crippen LogP contribution in [0.4, 0.5) is 0 Å². The fourth-order valence-corrected chi connectivity index (χ4v) is 6.08. The van der Waals surface area contributed by atoms with Crippen molar-refractivity contribution in [3.63, 3.8) is 0 Å². The predicted octanol–water partition coefficient (Wildman–Crippen LogP) is 4.83. The molecule has 2 unspecified atom stereocenters. The van der Waals surface area contributed by atoms with E-state index in [1.54, 1.807) is 0 Å². The number of rotatable bonds is 4. The van der Waals surface area contributed by atoms with Gasteiger partial charge in [-0.05, 0) is 55.4 Å². The molecule has 0 spiro atoms. The summed E-state index contributed by atoms with van der Waals surface area (Å²) in [5, 5.41) is 16.4. The van der Waals surface area contributed by atoms with Crippen LogP contribution in [0.2, 0.25) is 10.0 Å². The normalized spacial score (nSPS) is 29.0. The SMILES string of the molecule is OC1(C2=NCCCN2)CC2CCC(C1)N2C(c1ccccc1Cl)c1ccccc1Cl. The van der Waals surface area contributed by atoms with Gasteiger partial charge in [0.05, 0.1) is 6.04 Å². The third-order valence-electron chi connectivity index (χ3n) is 6.86. The van der Waals surface area contributed by atoms with E-state index in [4.69, 9.17) is 23.2 Å². The van der Waals surface area contributed by atoms with Crippen LogP contribution in [0.1, 0.15) is 49.3 Å². The molecule has 0 aliphatic carbocycles. The molecule has 3 aliphatic heterocycles. The van der Waals surface area contributed by atoms with Gasteiger partial charge in [-0.2, -0.15) is 0 Å². The van der Waals surface area contributed by atoms with Crippen molar-refractivity contribution in [2.24, 2.45) is 4.99 Å². The fraction of sp³-hybridized carbons (Fsp3) is 0.458. The lowest BCUT2D eigenvalue weighted by Crippen LogP contribution is -2.59. The number of halogens is 2. The van der Waals surface area contributed by atoms with Crippen LogP contribution in [-0.4, -0.2) is 46.6 Å². The van der Waals surface area contributed by atoms with Crippen LogP contribution in [0.5, 0.6) is 0 Å². The molecule has 0 amide bonds. The average Bonchev–Trinajstić information content (AvgIpc) is 3.02. The number of aliphatic hydroxyl groups is 1. The van der Waals surface area contributed by atoms with Crippen LogP contribution in [0.15, 0.2) is 53.5 Å². The van der Waals surface area contributed by atoms with Gasteiger partial charge in [0.2, 0.25) is 0 Å². The second-order valence-corrected chi connectivity index (χ2v) is 9.54. The topological polar surface area (TPSA) is 47.9 Å². The van der Waals surface area contributed by atoms with E-state index < -0.39 is 5.60 Å². The van der Waals surface area contributed by atoms with Crippen LogP contribution in [-0.2, 0) is 0 Å². The van der Waals surface area contributed by atoms with Gasteiger partial charge in [0.25, 0.3) is 0 Å². The molecule has 3 heterocycles. The maximum Gasteiger partial charge on any atom is 0.129 e. The number of benzene rings is 2. The van der Waals surface area contributed by atoms with Gasteiger partial charge in [0.1, 0.15) is 11.4 Å². The Balaban J connectivity index is 1.54. The van der Waals surface area contributed by atoms with Crippen molar-refractivity contribution in [3.8, 4) is 0 Å². The second kappa shape index (κ2) is 8.16. The first-order valence-corrected chi connectivity index (χ1v) is 11.6. The molecule has 2 aromatic carbocycles. The fourth-order valence-electron chi connectivity index (χ4n) is 5.60. The van der Waals surface area contributed by atoms with E-state index in [1.165, 1.54) is 0 Å². The predicted molar refractivity (Wildman–Crippen MR) is 123 cm³/mol. The molecule has 30 heavy (non-hydrogen) atoms. The van der Waals surface area contributed by atoms with E-state index in [9.17, 15) is 5.11 Å². The van der Waals surface area contributed by atoms with Crippen LogP contribution in [0, 0.1) is 0 Å². The molecule has 0 radical (unpaired) electrons. The van der Waals surface area contributed by atoms with Crippen LogP contribution < -0.4 is 5.32 Å². The van der Waals surface area contributed by atoms with E-state index in [1.807, 2.05) is 36.4 Å². The summed E-state index contributed by atoms with van der Waals surface area (Å²) in [5.41, 5.74) is 1.28. The first kappa shape index (κ1) is 20.3. The van der Waals surface area contributed by atoms with Gasteiger partial charge in [-0.3, -0.25) is 9.89 Å². The smallest absolute Gasteiger partial charge is 0.129 e. The minimum atomic E-state index is -0.867. The van der Waals surface area contributed by atoms with Crippen LogP contribution in [0.3, 0.4) is 0 Å². The molecule has 4 nitrogen and oxygen atoms in total. The van der Waals surface area contributed by atoms with Crippen molar-refractivity contribution >= 4 is 29.0 Å². The van der Waals surface area contributed by atoms with Gasteiger partial charge < -0.3 is 10.4 Å². The van der Waals surface area contributed by atoms with Crippen molar-refractivity contribution in [1.82, 2.24) is 10.2 Å². The van der Waals surface area contributed by atoms with Crippen LogP contribution in [0.25, 0.3) is 0 Å². The van der Waals surface area contributed by atoms with Gasteiger partial charge in [-0.25, -0.2) is 0 Å². The number of fused-ring (bicyclic) bond motifs is 2. The number of amidine groups is 1. The summed E-state index contributed by atoms with van der Waals surface area (Å²) in [6, 6.07) is 16.6. The lowest BCUT2D eigenvalue weighted by molar-refractivity contribution is -0.0187. The highest BCUT2D eigenvalue weighted by molar-refractivity contribution is 6.32. The standard InChI is InChI=1S/C24H27Cl2N3O/c25-20-8-3-1-6-18(20)22(19-7-2-4-9-21(19)26)29-16-10-11-17(29)15-24(30,14-16)23-27-12-5-13-28-23/h1-4,6-9,16-17,22,30H,5,10-15H2,(H,27,28). The Morgan fingerprint density at radius 1 is 0.967 bits per heavy atom. The summed E-state index contributed by atoms with van der Waals surface area (Å²) in [4.78, 5) is 7.19. The Labute approximate surface area is 187 Å². The van der Waals surface area contributed by atoms with Gasteiger partial charge >= 0.3 is 0 Å². The molecule has 3 aliphatic rings. The molecular formula is C24H27Cl2N3O. The van der Waals surface area contributed by atoms with Gasteiger partial charge in [0, 0.05) is 35.2 Å². The number of aliphatic imine (C=N–C) groups is 1. The number of nitrogens with zero attached hydrogens (tertiary/aromatic N) is 2. The number of piperidine rings is 1. The average molecular weight is 444 g/mol. The first-order valence-electron chi connectivity index (χ1n) is 10.8. The molecule has 5 rings (SSSR count). The van der Waals surface area contributed by atoms with E-state index in [0.29, 0.717) is 12.8 Å². The Kier molecular flexibility index (Phi) is 5.53. The van der Waals surface area contributed by atoms with E-state index in [0.717, 1.165) is 59.4 Å². The quantitative estimate of drug-likeness (QED) is 0.710. The molecule has 2 bridgehead atoms. The molecule has 2 aromatic rings. The number of hydrogen-bond donors (Lipinski definition) is 2. The van der Waals surface area contributed by atoms with Crippen molar-refractivity contribution in [2.45, 2.75) is 55.8 Å². The molecule has 2 atom stereocenters. The van der Waals surface area contributed by atoms with Crippen molar-refractivity contribution in [1.29, 1.82) is 0 Å². The molecule has 0 aromatic heterocycles. The number of hydrogen-bond acceptors (Lipinski definition) is 4. The van der Waals surface area contributed by atoms with Crippen molar-refractivity contribution < 1.29 is 5.11 Å². The van der Waals surface area contributed by atoms with Crippen LogP contribution >= 0.6 is 23.2 Å². The Bertz CT molecular complexity index is 903. The van der Waals surface area contributed by atoms with Gasteiger partial charge in [-0.1, -0.05) is 59.6 Å².